The summed E-state index contributed by atoms with van der Waals surface area (Å²) in [5.41, 5.74) is 0.743. The van der Waals surface area contributed by atoms with E-state index in [0.717, 1.165) is 6.07 Å². The molecule has 0 radical (unpaired) electrons. The van der Waals surface area contributed by atoms with E-state index in [1.54, 1.807) is 17.1 Å². The van der Waals surface area contributed by atoms with Crippen LogP contribution in [0.5, 0.6) is 0 Å². The third-order valence-electron chi connectivity index (χ3n) is 2.67. The Bertz CT molecular complexity index is 616. The molecule has 98 valence electrons. The van der Waals surface area contributed by atoms with Gasteiger partial charge in [-0.3, -0.25) is 14.8 Å². The van der Waals surface area contributed by atoms with Gasteiger partial charge in [-0.25, -0.2) is 4.79 Å². The number of carboxylic acid groups (broad SMARTS) is 1. The molecule has 1 N–H and O–H groups in total. The Kier molecular flexibility index (Phi) is 3.28. The summed E-state index contributed by atoms with van der Waals surface area (Å²) in [4.78, 5) is 21.2. The van der Waals surface area contributed by atoms with Crippen LogP contribution in [-0.2, 0) is 6.54 Å². The minimum Gasteiger partial charge on any atom is -0.478 e. The predicted octanol–water partition coefficient (Wildman–Crippen LogP) is 2.18. The summed E-state index contributed by atoms with van der Waals surface area (Å²) >= 11 is 0. The van der Waals surface area contributed by atoms with Crippen molar-refractivity contribution in [3.05, 3.63) is 46.3 Å². The van der Waals surface area contributed by atoms with Crippen LogP contribution in [0, 0.1) is 10.1 Å². The number of nitro groups is 1. The first-order chi connectivity index (χ1) is 9.01. The van der Waals surface area contributed by atoms with Crippen LogP contribution in [-0.4, -0.2) is 25.8 Å². The summed E-state index contributed by atoms with van der Waals surface area (Å²) in [5.74, 6) is -1.20. The number of non-ortho nitro benzene ring substituents is 1. The lowest BCUT2D eigenvalue weighted by molar-refractivity contribution is -0.384. The lowest BCUT2D eigenvalue weighted by Gasteiger charge is -2.01. The highest BCUT2D eigenvalue weighted by atomic mass is 16.6. The van der Waals surface area contributed by atoms with Crippen LogP contribution >= 0.6 is 0 Å². The highest BCUT2D eigenvalue weighted by Crippen LogP contribution is 2.25. The van der Waals surface area contributed by atoms with Crippen LogP contribution in [0.4, 0.5) is 5.69 Å². The monoisotopic (exact) mass is 261 g/mol. The van der Waals surface area contributed by atoms with Gasteiger partial charge in [0.15, 0.2) is 0 Å². The summed E-state index contributed by atoms with van der Waals surface area (Å²) in [5, 5.41) is 23.8. The molecule has 1 aromatic heterocycles. The molecule has 2 aromatic rings. The first-order valence-corrected chi connectivity index (χ1v) is 5.57. The van der Waals surface area contributed by atoms with Crippen molar-refractivity contribution < 1.29 is 14.8 Å². The van der Waals surface area contributed by atoms with Crippen molar-refractivity contribution in [2.45, 2.75) is 13.5 Å². The van der Waals surface area contributed by atoms with E-state index in [4.69, 9.17) is 5.11 Å². The Balaban J connectivity index is 2.55. The SMILES string of the molecule is CCn1cc(-c2cc(C(=O)O)cc([N+](=O)[O-])c2)cn1. The highest BCUT2D eigenvalue weighted by molar-refractivity contribution is 5.90. The number of carboxylic acids is 1. The number of aromatic nitrogens is 2. The molecule has 0 fully saturated rings. The third-order valence-corrected chi connectivity index (χ3v) is 2.67. The van der Waals surface area contributed by atoms with Crippen molar-refractivity contribution in [1.82, 2.24) is 9.78 Å². The molecule has 19 heavy (non-hydrogen) atoms. The molecule has 0 amide bonds. The normalized spacial score (nSPS) is 10.4. The van der Waals surface area contributed by atoms with E-state index < -0.39 is 10.9 Å². The molecule has 0 unspecified atom stereocenters. The quantitative estimate of drug-likeness (QED) is 0.671. The third kappa shape index (κ3) is 2.59. The first kappa shape index (κ1) is 12.7. The van der Waals surface area contributed by atoms with Gasteiger partial charge in [-0.1, -0.05) is 0 Å². The van der Waals surface area contributed by atoms with E-state index in [9.17, 15) is 14.9 Å². The molecular formula is C12H11N3O4. The Morgan fingerprint density at radius 2 is 2.16 bits per heavy atom. The van der Waals surface area contributed by atoms with Gasteiger partial charge in [0.25, 0.3) is 5.69 Å². The Morgan fingerprint density at radius 1 is 1.42 bits per heavy atom. The molecular weight excluding hydrogens is 250 g/mol. The first-order valence-electron chi connectivity index (χ1n) is 5.57. The zero-order valence-electron chi connectivity index (χ0n) is 10.1. The average Bonchev–Trinajstić information content (AvgIpc) is 2.86. The largest absolute Gasteiger partial charge is 0.478 e. The molecule has 0 aliphatic rings. The molecule has 1 aromatic carbocycles. The van der Waals surface area contributed by atoms with Crippen molar-refractivity contribution in [3.63, 3.8) is 0 Å². The molecule has 0 spiro atoms. The van der Waals surface area contributed by atoms with Gasteiger partial charge in [-0.2, -0.15) is 5.10 Å². The number of hydrogen-bond acceptors (Lipinski definition) is 4. The molecule has 7 heteroatoms. The van der Waals surface area contributed by atoms with Crippen molar-refractivity contribution in [1.29, 1.82) is 0 Å². The second kappa shape index (κ2) is 4.89. The molecule has 7 nitrogen and oxygen atoms in total. The zero-order valence-corrected chi connectivity index (χ0v) is 10.1. The van der Waals surface area contributed by atoms with Crippen molar-refractivity contribution >= 4 is 11.7 Å². The van der Waals surface area contributed by atoms with Crippen LogP contribution in [0.2, 0.25) is 0 Å². The van der Waals surface area contributed by atoms with E-state index in [-0.39, 0.29) is 11.3 Å². The van der Waals surface area contributed by atoms with Crippen LogP contribution in [0.1, 0.15) is 17.3 Å². The predicted molar refractivity (Wildman–Crippen MR) is 67.0 cm³/mol. The number of aromatic carboxylic acids is 1. The van der Waals surface area contributed by atoms with E-state index in [1.165, 1.54) is 12.1 Å². The standard InChI is InChI=1S/C12H11N3O4/c1-2-14-7-10(6-13-14)8-3-9(12(16)17)5-11(4-8)15(18)19/h3-7H,2H2,1H3,(H,16,17). The van der Waals surface area contributed by atoms with E-state index in [0.29, 0.717) is 17.7 Å². The van der Waals surface area contributed by atoms with Crippen LogP contribution in [0.15, 0.2) is 30.6 Å². The molecule has 2 rings (SSSR count). The van der Waals surface area contributed by atoms with Gasteiger partial charge in [0.2, 0.25) is 0 Å². The number of carbonyl (C=O) groups is 1. The number of hydrogen-bond donors (Lipinski definition) is 1. The minimum absolute atomic E-state index is 0.117. The maximum atomic E-state index is 11.0. The maximum Gasteiger partial charge on any atom is 0.335 e. The second-order valence-corrected chi connectivity index (χ2v) is 3.92. The zero-order chi connectivity index (χ0) is 14.0. The topological polar surface area (TPSA) is 98.3 Å². The fraction of sp³-hybridized carbons (Fsp3) is 0.167. The highest BCUT2D eigenvalue weighted by Gasteiger charge is 2.15. The summed E-state index contributed by atoms with van der Waals surface area (Å²) in [6, 6.07) is 3.77. The number of rotatable bonds is 4. The van der Waals surface area contributed by atoms with Crippen LogP contribution < -0.4 is 0 Å². The maximum absolute atomic E-state index is 11.0. The van der Waals surface area contributed by atoms with Gasteiger partial charge in [0.05, 0.1) is 16.7 Å². The van der Waals surface area contributed by atoms with Gasteiger partial charge in [0.1, 0.15) is 0 Å². The van der Waals surface area contributed by atoms with Gasteiger partial charge in [0, 0.05) is 30.4 Å². The summed E-state index contributed by atoms with van der Waals surface area (Å²) in [6.45, 7) is 2.58. The fourth-order valence-corrected chi connectivity index (χ4v) is 1.69. The van der Waals surface area contributed by atoms with Crippen molar-refractivity contribution in [2.75, 3.05) is 0 Å². The van der Waals surface area contributed by atoms with Crippen molar-refractivity contribution in [3.8, 4) is 11.1 Å². The number of benzene rings is 1. The summed E-state index contributed by atoms with van der Waals surface area (Å²) in [7, 11) is 0. The van der Waals surface area contributed by atoms with E-state index >= 15 is 0 Å². The fourth-order valence-electron chi connectivity index (χ4n) is 1.69. The van der Waals surface area contributed by atoms with E-state index in [2.05, 4.69) is 5.10 Å². The van der Waals surface area contributed by atoms with Gasteiger partial charge >= 0.3 is 5.97 Å². The van der Waals surface area contributed by atoms with E-state index in [1.807, 2.05) is 6.92 Å². The average molecular weight is 261 g/mol. The Hall–Kier alpha value is -2.70. The molecule has 0 aliphatic carbocycles. The van der Waals surface area contributed by atoms with Crippen molar-refractivity contribution in [2.24, 2.45) is 0 Å². The Morgan fingerprint density at radius 3 is 2.68 bits per heavy atom. The second-order valence-electron chi connectivity index (χ2n) is 3.92. The lowest BCUT2D eigenvalue weighted by Crippen LogP contribution is -1.99. The summed E-state index contributed by atoms with van der Waals surface area (Å²) < 4.78 is 1.66. The number of nitrogens with zero attached hydrogens (tertiary/aromatic N) is 3. The lowest BCUT2D eigenvalue weighted by atomic mass is 10.1. The van der Waals surface area contributed by atoms with Crippen LogP contribution in [0.3, 0.4) is 0 Å². The summed E-state index contributed by atoms with van der Waals surface area (Å²) in [6.07, 6.45) is 3.26. The molecule has 0 saturated carbocycles. The Labute approximate surface area is 108 Å². The molecule has 0 saturated heterocycles. The van der Waals surface area contributed by atoms with Gasteiger partial charge < -0.3 is 5.11 Å². The smallest absolute Gasteiger partial charge is 0.335 e. The van der Waals surface area contributed by atoms with Gasteiger partial charge in [-0.05, 0) is 18.6 Å². The van der Waals surface area contributed by atoms with Gasteiger partial charge in [-0.15, -0.1) is 0 Å². The molecule has 0 atom stereocenters. The minimum atomic E-state index is -1.20. The molecule has 0 aliphatic heterocycles. The number of nitro benzene ring substituents is 1. The molecule has 0 bridgehead atoms. The van der Waals surface area contributed by atoms with Crippen LogP contribution in [0.25, 0.3) is 11.1 Å². The number of aryl methyl sites for hydroxylation is 1. The molecule has 1 heterocycles.